The van der Waals surface area contributed by atoms with Crippen molar-refractivity contribution < 1.29 is 22.7 Å². The fourth-order valence-electron chi connectivity index (χ4n) is 3.94. The minimum Gasteiger partial charge on any atom is -0.496 e. The van der Waals surface area contributed by atoms with Gasteiger partial charge in [0, 0.05) is 25.3 Å². The van der Waals surface area contributed by atoms with E-state index in [1.54, 1.807) is 20.0 Å². The number of nitrogens with zero attached hydrogens (tertiary/aromatic N) is 3. The van der Waals surface area contributed by atoms with Crippen molar-refractivity contribution in [3.63, 3.8) is 0 Å². The van der Waals surface area contributed by atoms with Gasteiger partial charge in [0.25, 0.3) is 5.91 Å². The van der Waals surface area contributed by atoms with Gasteiger partial charge < -0.3 is 15.4 Å². The van der Waals surface area contributed by atoms with Crippen LogP contribution in [0.15, 0.2) is 35.5 Å². The molecule has 1 saturated carbocycles. The van der Waals surface area contributed by atoms with Gasteiger partial charge in [0.1, 0.15) is 12.3 Å². The van der Waals surface area contributed by atoms with Gasteiger partial charge in [0.2, 0.25) is 15.9 Å². The molecule has 11 heteroatoms. The second-order valence-electron chi connectivity index (χ2n) is 7.88. The molecule has 0 bridgehead atoms. The van der Waals surface area contributed by atoms with Crippen LogP contribution >= 0.6 is 0 Å². The third-order valence-electron chi connectivity index (χ3n) is 5.68. The summed E-state index contributed by atoms with van der Waals surface area (Å²) in [4.78, 5) is 25.1. The first-order valence-corrected chi connectivity index (χ1v) is 12.5. The zero-order valence-corrected chi connectivity index (χ0v) is 20.0. The number of benzene rings is 1. The van der Waals surface area contributed by atoms with Crippen LogP contribution in [0.5, 0.6) is 5.75 Å². The van der Waals surface area contributed by atoms with E-state index in [1.807, 2.05) is 0 Å². The van der Waals surface area contributed by atoms with Crippen molar-refractivity contribution in [1.29, 1.82) is 0 Å². The van der Waals surface area contributed by atoms with Gasteiger partial charge in [-0.2, -0.15) is 9.40 Å². The number of amides is 2. The highest BCUT2D eigenvalue weighted by molar-refractivity contribution is 7.89. The van der Waals surface area contributed by atoms with Crippen molar-refractivity contribution in [2.45, 2.75) is 57.0 Å². The van der Waals surface area contributed by atoms with Crippen molar-refractivity contribution in [3.8, 4) is 5.75 Å². The molecule has 2 N–H and O–H groups in total. The Morgan fingerprint density at radius 3 is 2.55 bits per heavy atom. The van der Waals surface area contributed by atoms with Crippen LogP contribution in [-0.2, 0) is 21.4 Å². The number of carbonyl (C=O) groups is 2. The molecule has 33 heavy (non-hydrogen) atoms. The van der Waals surface area contributed by atoms with Gasteiger partial charge in [-0.05, 0) is 31.0 Å². The average molecular weight is 478 g/mol. The summed E-state index contributed by atoms with van der Waals surface area (Å²) < 4.78 is 33.7. The molecule has 0 spiro atoms. The van der Waals surface area contributed by atoms with E-state index in [9.17, 15) is 18.0 Å². The summed E-state index contributed by atoms with van der Waals surface area (Å²) in [7, 11) is -2.33. The van der Waals surface area contributed by atoms with E-state index in [4.69, 9.17) is 4.74 Å². The predicted octanol–water partition coefficient (Wildman–Crippen LogP) is 2.23. The van der Waals surface area contributed by atoms with Crippen molar-refractivity contribution in [2.75, 3.05) is 25.5 Å². The molecule has 0 radical (unpaired) electrons. The van der Waals surface area contributed by atoms with Crippen LogP contribution < -0.4 is 15.4 Å². The standard InChI is InChI=1S/C22H31N5O5S/c1-4-27(5-2)33(30,31)18-10-11-20(32-3)19(12-18)22(29)25-17-13-23-26(14-17)15-21(28)24-16-8-6-7-9-16/h10-14,16H,4-9,15H2,1-3H3,(H,24,28)(H,25,29). The molecule has 1 aromatic carbocycles. The SMILES string of the molecule is CCN(CC)S(=O)(=O)c1ccc(OC)c(C(=O)Nc2cnn(CC(=O)NC3CCCC3)c2)c1. The van der Waals surface area contributed by atoms with Crippen molar-refractivity contribution in [2.24, 2.45) is 0 Å². The molecular formula is C22H31N5O5S. The van der Waals surface area contributed by atoms with E-state index in [-0.39, 0.29) is 34.7 Å². The third kappa shape index (κ3) is 5.91. The van der Waals surface area contributed by atoms with Crippen molar-refractivity contribution >= 4 is 27.5 Å². The van der Waals surface area contributed by atoms with Crippen LogP contribution in [0.1, 0.15) is 49.9 Å². The highest BCUT2D eigenvalue weighted by Gasteiger charge is 2.25. The Bertz CT molecular complexity index is 1090. The van der Waals surface area contributed by atoms with Crippen LogP contribution in [0.2, 0.25) is 0 Å². The fraction of sp³-hybridized carbons (Fsp3) is 0.500. The van der Waals surface area contributed by atoms with Gasteiger partial charge in [-0.25, -0.2) is 8.42 Å². The van der Waals surface area contributed by atoms with Gasteiger partial charge in [-0.15, -0.1) is 0 Å². The van der Waals surface area contributed by atoms with Gasteiger partial charge in [0.05, 0.1) is 29.5 Å². The van der Waals surface area contributed by atoms with Gasteiger partial charge in [0.15, 0.2) is 0 Å². The summed E-state index contributed by atoms with van der Waals surface area (Å²) in [5, 5.41) is 9.82. The van der Waals surface area contributed by atoms with E-state index in [0.717, 1.165) is 25.7 Å². The van der Waals surface area contributed by atoms with E-state index in [0.29, 0.717) is 18.8 Å². The summed E-state index contributed by atoms with van der Waals surface area (Å²) in [6, 6.07) is 4.41. The van der Waals surface area contributed by atoms with Crippen molar-refractivity contribution in [3.05, 3.63) is 36.2 Å². The molecule has 1 aliphatic carbocycles. The van der Waals surface area contributed by atoms with Crippen LogP contribution in [0, 0.1) is 0 Å². The second-order valence-corrected chi connectivity index (χ2v) is 9.82. The average Bonchev–Trinajstić information content (AvgIpc) is 3.45. The van der Waals surface area contributed by atoms with Gasteiger partial charge in [-0.3, -0.25) is 14.3 Å². The van der Waals surface area contributed by atoms with E-state index < -0.39 is 15.9 Å². The molecule has 3 rings (SSSR count). The number of rotatable bonds is 10. The smallest absolute Gasteiger partial charge is 0.259 e. The number of hydrogen-bond donors (Lipinski definition) is 2. The van der Waals surface area contributed by atoms with Crippen LogP contribution in [0.25, 0.3) is 0 Å². The number of anilines is 1. The molecule has 0 unspecified atom stereocenters. The quantitative estimate of drug-likeness (QED) is 0.541. The Morgan fingerprint density at radius 2 is 1.91 bits per heavy atom. The summed E-state index contributed by atoms with van der Waals surface area (Å²) in [5.41, 5.74) is 0.463. The number of nitrogens with one attached hydrogen (secondary N) is 2. The topological polar surface area (TPSA) is 123 Å². The molecular weight excluding hydrogens is 446 g/mol. The predicted molar refractivity (Wildman–Crippen MR) is 124 cm³/mol. The molecule has 0 aliphatic heterocycles. The molecule has 2 amide bonds. The number of sulfonamides is 1. The number of aromatic nitrogens is 2. The first-order valence-electron chi connectivity index (χ1n) is 11.1. The number of carbonyl (C=O) groups excluding carboxylic acids is 2. The monoisotopic (exact) mass is 477 g/mol. The van der Waals surface area contributed by atoms with Gasteiger partial charge in [-0.1, -0.05) is 26.7 Å². The fourth-order valence-corrected chi connectivity index (χ4v) is 5.43. The van der Waals surface area contributed by atoms with Crippen LogP contribution in [0.4, 0.5) is 5.69 Å². The molecule has 2 aromatic rings. The minimum atomic E-state index is -3.74. The maximum absolute atomic E-state index is 12.9. The number of ether oxygens (including phenoxy) is 1. The zero-order chi connectivity index (χ0) is 24.0. The van der Waals surface area contributed by atoms with Gasteiger partial charge >= 0.3 is 0 Å². The molecule has 1 fully saturated rings. The lowest BCUT2D eigenvalue weighted by atomic mass is 10.2. The lowest BCUT2D eigenvalue weighted by Gasteiger charge is -2.19. The molecule has 180 valence electrons. The lowest BCUT2D eigenvalue weighted by molar-refractivity contribution is -0.122. The number of hydrogen-bond acceptors (Lipinski definition) is 6. The highest BCUT2D eigenvalue weighted by Crippen LogP contribution is 2.25. The van der Waals surface area contributed by atoms with E-state index in [2.05, 4.69) is 15.7 Å². The summed E-state index contributed by atoms with van der Waals surface area (Å²) >= 11 is 0. The Morgan fingerprint density at radius 1 is 1.21 bits per heavy atom. The van der Waals surface area contributed by atoms with Crippen LogP contribution in [-0.4, -0.2) is 60.6 Å². The Labute approximate surface area is 194 Å². The second kappa shape index (κ2) is 10.8. The minimum absolute atomic E-state index is 0.0106. The van der Waals surface area contributed by atoms with Crippen LogP contribution in [0.3, 0.4) is 0 Å². The lowest BCUT2D eigenvalue weighted by Crippen LogP contribution is -2.35. The maximum atomic E-state index is 12.9. The number of methoxy groups -OCH3 is 1. The first kappa shape index (κ1) is 24.7. The maximum Gasteiger partial charge on any atom is 0.259 e. The largest absolute Gasteiger partial charge is 0.496 e. The molecule has 10 nitrogen and oxygen atoms in total. The Balaban J connectivity index is 1.72. The Hall–Kier alpha value is -2.92. The van der Waals surface area contributed by atoms with E-state index in [1.165, 1.54) is 40.5 Å². The normalized spacial score (nSPS) is 14.4. The molecule has 0 atom stereocenters. The first-order chi connectivity index (χ1) is 15.8. The Kier molecular flexibility index (Phi) is 8.09. The summed E-state index contributed by atoms with van der Waals surface area (Å²) in [6.45, 7) is 4.20. The molecule has 0 saturated heterocycles. The zero-order valence-electron chi connectivity index (χ0n) is 19.2. The third-order valence-corrected chi connectivity index (χ3v) is 7.72. The molecule has 1 aliphatic rings. The summed E-state index contributed by atoms with van der Waals surface area (Å²) in [5.74, 6) is -0.424. The summed E-state index contributed by atoms with van der Waals surface area (Å²) in [6.07, 6.45) is 7.24. The molecule has 1 heterocycles. The molecule has 1 aromatic heterocycles. The van der Waals surface area contributed by atoms with E-state index >= 15 is 0 Å². The van der Waals surface area contributed by atoms with Crippen molar-refractivity contribution in [1.82, 2.24) is 19.4 Å². The highest BCUT2D eigenvalue weighted by atomic mass is 32.2.